The fraction of sp³-hybridized carbons (Fsp3) is 0.364. The van der Waals surface area contributed by atoms with Crippen molar-refractivity contribution in [3.05, 3.63) is 29.3 Å². The fourth-order valence-corrected chi connectivity index (χ4v) is 3.91. The third-order valence-electron chi connectivity index (χ3n) is 2.37. The fourth-order valence-electron chi connectivity index (χ4n) is 1.39. The molecule has 1 amide bonds. The second-order valence-corrected chi connectivity index (χ2v) is 8.92. The Bertz CT molecular complexity index is 572. The molecule has 0 saturated heterocycles. The lowest BCUT2D eigenvalue weighted by molar-refractivity contribution is 0.124. The molecule has 0 aliphatic heterocycles. The standard InChI is InChI=1S/C11H12Cl4NO5P/c1-19-22(18,20-2)9(11(13,14)15)21-10(17)16-8-5-3-4-7(12)6-8/h3-6,9H,1-2H3,(H,16,17)/t9-/m1/s1. The van der Waals surface area contributed by atoms with Gasteiger partial charge in [0.15, 0.2) is 0 Å². The minimum absolute atomic E-state index is 0.338. The van der Waals surface area contributed by atoms with Gasteiger partial charge in [0.25, 0.3) is 5.85 Å². The van der Waals surface area contributed by atoms with Crippen LogP contribution in [-0.2, 0) is 18.3 Å². The van der Waals surface area contributed by atoms with E-state index in [1.165, 1.54) is 6.07 Å². The summed E-state index contributed by atoms with van der Waals surface area (Å²) in [6.07, 6.45) is -1.02. The number of halogens is 4. The number of amides is 1. The number of carbonyl (C=O) groups excluding carboxylic acids is 1. The van der Waals surface area contributed by atoms with Crippen LogP contribution in [0.5, 0.6) is 0 Å². The summed E-state index contributed by atoms with van der Waals surface area (Å²) in [7, 11) is -1.84. The van der Waals surface area contributed by atoms with Gasteiger partial charge < -0.3 is 13.8 Å². The van der Waals surface area contributed by atoms with E-state index in [-0.39, 0.29) is 0 Å². The van der Waals surface area contributed by atoms with Crippen LogP contribution in [0.1, 0.15) is 0 Å². The Morgan fingerprint density at radius 1 is 1.27 bits per heavy atom. The van der Waals surface area contributed by atoms with Gasteiger partial charge in [-0.15, -0.1) is 0 Å². The van der Waals surface area contributed by atoms with Crippen LogP contribution in [0.2, 0.25) is 5.02 Å². The largest absolute Gasteiger partial charge is 0.428 e. The molecule has 0 heterocycles. The molecule has 0 spiro atoms. The maximum absolute atomic E-state index is 12.3. The summed E-state index contributed by atoms with van der Waals surface area (Å²) in [5.41, 5.74) is 0.338. The Morgan fingerprint density at radius 3 is 2.32 bits per heavy atom. The molecule has 1 rings (SSSR count). The zero-order valence-electron chi connectivity index (χ0n) is 11.4. The minimum Gasteiger partial charge on any atom is -0.428 e. The second kappa shape index (κ2) is 8.06. The first-order chi connectivity index (χ1) is 10.1. The number of hydrogen-bond acceptors (Lipinski definition) is 5. The number of anilines is 1. The molecule has 0 bridgehead atoms. The Balaban J connectivity index is 2.91. The summed E-state index contributed by atoms with van der Waals surface area (Å²) in [6.45, 7) is 0. The zero-order chi connectivity index (χ0) is 17.0. The average Bonchev–Trinajstić information content (AvgIpc) is 2.43. The normalized spacial score (nSPS) is 13.5. The third kappa shape index (κ3) is 5.46. The maximum atomic E-state index is 12.3. The van der Waals surface area contributed by atoms with Crippen molar-refractivity contribution in [3.63, 3.8) is 0 Å². The molecule has 0 unspecified atom stereocenters. The van der Waals surface area contributed by atoms with E-state index in [0.29, 0.717) is 10.7 Å². The van der Waals surface area contributed by atoms with E-state index in [1.807, 2.05) is 0 Å². The summed E-state index contributed by atoms with van der Waals surface area (Å²) in [5.74, 6) is -1.76. The molecule has 1 aromatic rings. The van der Waals surface area contributed by atoms with Crippen molar-refractivity contribution in [1.82, 2.24) is 0 Å². The topological polar surface area (TPSA) is 73.9 Å². The SMILES string of the molecule is COP(=O)(OC)[C@@H](OC(=O)Nc1cccc(Cl)c1)C(Cl)(Cl)Cl. The van der Waals surface area contributed by atoms with E-state index in [2.05, 4.69) is 5.32 Å². The molecular formula is C11H12Cl4NO5P. The van der Waals surface area contributed by atoms with Crippen molar-refractivity contribution >= 4 is 65.8 Å². The molecule has 1 aromatic carbocycles. The number of hydrogen-bond donors (Lipinski definition) is 1. The minimum atomic E-state index is -3.99. The van der Waals surface area contributed by atoms with Gasteiger partial charge in [-0.1, -0.05) is 52.5 Å². The highest BCUT2D eigenvalue weighted by molar-refractivity contribution is 7.55. The first kappa shape index (κ1) is 19.8. The van der Waals surface area contributed by atoms with Crippen LogP contribution in [0.4, 0.5) is 10.5 Å². The van der Waals surface area contributed by atoms with E-state index >= 15 is 0 Å². The number of nitrogens with one attached hydrogen (secondary N) is 1. The number of carbonyl (C=O) groups is 1. The van der Waals surface area contributed by atoms with Gasteiger partial charge in [-0.2, -0.15) is 0 Å². The summed E-state index contributed by atoms with van der Waals surface area (Å²) in [5, 5.41) is 2.75. The quantitative estimate of drug-likeness (QED) is 0.541. The van der Waals surface area contributed by atoms with Crippen molar-refractivity contribution in [3.8, 4) is 0 Å². The van der Waals surface area contributed by atoms with Crippen LogP contribution in [0.15, 0.2) is 24.3 Å². The molecule has 0 saturated carbocycles. The summed E-state index contributed by atoms with van der Waals surface area (Å²) >= 11 is 22.8. The highest BCUT2D eigenvalue weighted by Gasteiger charge is 2.51. The lowest BCUT2D eigenvalue weighted by Crippen LogP contribution is -2.34. The molecule has 0 aliphatic carbocycles. The van der Waals surface area contributed by atoms with Gasteiger partial charge in [0, 0.05) is 24.9 Å². The van der Waals surface area contributed by atoms with Gasteiger partial charge >= 0.3 is 13.7 Å². The van der Waals surface area contributed by atoms with Gasteiger partial charge in [0.05, 0.1) is 0 Å². The molecule has 0 radical (unpaired) electrons. The van der Waals surface area contributed by atoms with Crippen LogP contribution >= 0.6 is 54.0 Å². The number of ether oxygens (including phenoxy) is 1. The van der Waals surface area contributed by atoms with Crippen molar-refractivity contribution < 1.29 is 23.1 Å². The van der Waals surface area contributed by atoms with E-state index in [0.717, 1.165) is 14.2 Å². The summed E-state index contributed by atoms with van der Waals surface area (Å²) in [4.78, 5) is 11.9. The first-order valence-electron chi connectivity index (χ1n) is 5.63. The molecule has 1 atom stereocenters. The monoisotopic (exact) mass is 409 g/mol. The highest BCUT2D eigenvalue weighted by atomic mass is 35.6. The predicted octanol–water partition coefficient (Wildman–Crippen LogP) is 5.07. The van der Waals surface area contributed by atoms with Crippen molar-refractivity contribution in [1.29, 1.82) is 0 Å². The van der Waals surface area contributed by atoms with Gasteiger partial charge in [-0.3, -0.25) is 9.88 Å². The van der Waals surface area contributed by atoms with Gasteiger partial charge in [0.1, 0.15) is 0 Å². The second-order valence-electron chi connectivity index (χ2n) is 3.84. The Morgan fingerprint density at radius 2 is 1.86 bits per heavy atom. The van der Waals surface area contributed by atoms with Gasteiger partial charge in [-0.25, -0.2) is 4.79 Å². The van der Waals surface area contributed by atoms with Crippen LogP contribution in [0, 0.1) is 0 Å². The van der Waals surface area contributed by atoms with Crippen LogP contribution < -0.4 is 5.32 Å². The van der Waals surface area contributed by atoms with Crippen LogP contribution in [0.25, 0.3) is 0 Å². The summed E-state index contributed by atoms with van der Waals surface area (Å²) < 4.78 is 24.4. The zero-order valence-corrected chi connectivity index (χ0v) is 15.3. The molecular weight excluding hydrogens is 399 g/mol. The predicted molar refractivity (Wildman–Crippen MR) is 87.3 cm³/mol. The maximum Gasteiger partial charge on any atom is 0.412 e. The van der Waals surface area contributed by atoms with Gasteiger partial charge in [-0.05, 0) is 18.2 Å². The molecule has 6 nitrogen and oxygen atoms in total. The van der Waals surface area contributed by atoms with Crippen molar-refractivity contribution in [2.45, 2.75) is 9.64 Å². The van der Waals surface area contributed by atoms with E-state index in [4.69, 9.17) is 60.2 Å². The third-order valence-corrected chi connectivity index (χ3v) is 5.74. The number of alkyl halides is 3. The molecule has 0 aliphatic rings. The van der Waals surface area contributed by atoms with E-state index in [9.17, 15) is 9.36 Å². The Hall–Kier alpha value is -0.200. The summed E-state index contributed by atoms with van der Waals surface area (Å²) in [6, 6.07) is 6.26. The molecule has 22 heavy (non-hydrogen) atoms. The molecule has 11 heteroatoms. The van der Waals surface area contributed by atoms with Crippen molar-refractivity contribution in [2.75, 3.05) is 19.5 Å². The molecule has 124 valence electrons. The first-order valence-corrected chi connectivity index (χ1v) is 8.76. The number of benzene rings is 1. The molecule has 0 fully saturated rings. The van der Waals surface area contributed by atoms with Crippen LogP contribution in [-0.4, -0.2) is 30.0 Å². The Kier molecular flexibility index (Phi) is 7.27. The lowest BCUT2D eigenvalue weighted by Gasteiger charge is -2.28. The molecule has 0 aromatic heterocycles. The molecule has 1 N–H and O–H groups in total. The van der Waals surface area contributed by atoms with E-state index < -0.39 is 23.3 Å². The van der Waals surface area contributed by atoms with Crippen molar-refractivity contribution in [2.24, 2.45) is 0 Å². The van der Waals surface area contributed by atoms with Crippen LogP contribution in [0.3, 0.4) is 0 Å². The number of rotatable bonds is 5. The average molecular weight is 411 g/mol. The Labute approximate surface area is 147 Å². The lowest BCUT2D eigenvalue weighted by atomic mass is 10.3. The smallest absolute Gasteiger partial charge is 0.412 e. The highest BCUT2D eigenvalue weighted by Crippen LogP contribution is 2.59. The van der Waals surface area contributed by atoms with Gasteiger partial charge in [0.2, 0.25) is 3.79 Å². The van der Waals surface area contributed by atoms with E-state index in [1.54, 1.807) is 18.2 Å².